The Morgan fingerprint density at radius 1 is 0.915 bits per heavy atom. The van der Waals surface area contributed by atoms with Gasteiger partial charge in [0.1, 0.15) is 5.76 Å². The van der Waals surface area contributed by atoms with E-state index < -0.39 is 0 Å². The van der Waals surface area contributed by atoms with Gasteiger partial charge in [0.15, 0.2) is 5.78 Å². The van der Waals surface area contributed by atoms with Crippen molar-refractivity contribution >= 4 is 81.5 Å². The third-order valence-electron chi connectivity index (χ3n) is 10.1. The van der Waals surface area contributed by atoms with Crippen LogP contribution in [0.2, 0.25) is 0 Å². The van der Waals surface area contributed by atoms with E-state index in [1.165, 1.54) is 52.5 Å². The number of carbonyl (C=O) groups excluding carboxylic acids is 1. The van der Waals surface area contributed by atoms with E-state index in [0.717, 1.165) is 37.0 Å². The summed E-state index contributed by atoms with van der Waals surface area (Å²) in [6.45, 7) is 19.5. The summed E-state index contributed by atoms with van der Waals surface area (Å²) in [5, 5.41) is 21.8. The fourth-order valence-corrected chi connectivity index (χ4v) is 9.21. The van der Waals surface area contributed by atoms with Gasteiger partial charge < -0.3 is 15.4 Å². The number of benzene rings is 2. The summed E-state index contributed by atoms with van der Waals surface area (Å²) in [5.41, 5.74) is 4.25. The molecule has 0 unspecified atom stereocenters. The summed E-state index contributed by atoms with van der Waals surface area (Å²) in [6, 6.07) is 14.9. The van der Waals surface area contributed by atoms with Gasteiger partial charge in [-0.05, 0) is 58.0 Å². The molecule has 0 fully saturated rings. The number of hydrogen-bond acceptors (Lipinski definition) is 7. The zero-order chi connectivity index (χ0) is 33.4. The van der Waals surface area contributed by atoms with Gasteiger partial charge in [-0.3, -0.25) is 4.79 Å². The molecule has 8 heteroatoms. The number of hydrogen-bond donors (Lipinski definition) is 2. The summed E-state index contributed by atoms with van der Waals surface area (Å²) in [6.07, 6.45) is 4.75. The minimum atomic E-state index is -0.337. The van der Waals surface area contributed by atoms with E-state index in [2.05, 4.69) is 73.2 Å². The fourth-order valence-electron chi connectivity index (χ4n) is 5.77. The van der Waals surface area contributed by atoms with Gasteiger partial charge >= 0.3 is 0 Å². The van der Waals surface area contributed by atoms with Crippen LogP contribution in [0.15, 0.2) is 57.9 Å². The number of thiophene rings is 3. The van der Waals surface area contributed by atoms with Crippen molar-refractivity contribution in [2.45, 2.75) is 93.4 Å². The van der Waals surface area contributed by atoms with Gasteiger partial charge in [-0.2, -0.15) is 11.3 Å². The number of fused-ring (bicyclic) bond motifs is 6. The number of aliphatic hydroxyl groups is 1. The summed E-state index contributed by atoms with van der Waals surface area (Å²) in [5.74, 6) is 0.286. The molecule has 4 heterocycles. The topological polar surface area (TPSA) is 61.7 Å². The molecule has 1 radical (unpaired) electrons. The summed E-state index contributed by atoms with van der Waals surface area (Å²) < 4.78 is 4.07. The Kier molecular flexibility index (Phi) is 11.7. The Hall–Kier alpha value is -2.35. The molecule has 47 heavy (non-hydrogen) atoms. The molecule has 6 rings (SSSR count). The minimum Gasteiger partial charge on any atom is -0.512 e. The predicted molar refractivity (Wildman–Crippen MR) is 204 cm³/mol. The molecule has 5 aromatic rings. The van der Waals surface area contributed by atoms with Crippen LogP contribution in [0, 0.1) is 16.9 Å². The first-order valence-electron chi connectivity index (χ1n) is 16.4. The van der Waals surface area contributed by atoms with E-state index >= 15 is 0 Å². The number of aliphatic imine (C=N–C) groups is 1. The van der Waals surface area contributed by atoms with Gasteiger partial charge in [-0.15, -0.1) is 46.3 Å². The molecular weight excluding hydrogens is 817 g/mol. The average Bonchev–Trinajstić information content (AvgIpc) is 3.81. The van der Waals surface area contributed by atoms with Crippen molar-refractivity contribution in [2.75, 3.05) is 12.0 Å². The molecule has 0 saturated heterocycles. The zero-order valence-electron chi connectivity index (χ0n) is 29.0. The van der Waals surface area contributed by atoms with Crippen molar-refractivity contribution in [1.29, 1.82) is 0 Å². The van der Waals surface area contributed by atoms with Crippen molar-refractivity contribution in [3.63, 3.8) is 0 Å². The second-order valence-corrected chi connectivity index (χ2v) is 16.7. The van der Waals surface area contributed by atoms with E-state index in [1.807, 2.05) is 75.6 Å². The second-order valence-electron chi connectivity index (χ2n) is 13.9. The SMILES string of the molecule is CC(C)(C)c1cc(C2=NCNc3c2sc2c3ccc3ccsc32)[c-]c2ccsc12.CCC(C)(CC)C(=O)/C=C(\O)C(C)(CC)CC.[Ir]. The van der Waals surface area contributed by atoms with Crippen LogP contribution in [0.4, 0.5) is 5.69 Å². The quantitative estimate of drug-likeness (QED) is 0.0928. The van der Waals surface area contributed by atoms with E-state index in [4.69, 9.17) is 4.99 Å². The van der Waals surface area contributed by atoms with Gasteiger partial charge in [-0.1, -0.05) is 85.6 Å². The standard InChI is InChI=1S/C24H19N2S3.C15H28O2.Ir/c1-24(2,3)17-11-15(10-14-7-9-27-20(14)17)18-23-19(26-12-25-18)16-5-4-13-6-8-28-21(13)22(16)29-23;1-7-14(5,8-2)12(16)11-13(17)15(6,9-3)10-4;/h4-9,11,26H,12H2,1-3H3;11,16H,7-10H2,1-6H3;/q-1;;/b;12-11-;. The summed E-state index contributed by atoms with van der Waals surface area (Å²) >= 11 is 5.49. The van der Waals surface area contributed by atoms with Crippen molar-refractivity contribution in [3.8, 4) is 0 Å². The molecule has 0 bridgehead atoms. The fraction of sp³-hybridized carbons (Fsp3) is 0.436. The van der Waals surface area contributed by atoms with Crippen LogP contribution in [0.1, 0.15) is 104 Å². The number of nitrogens with one attached hydrogen (secondary N) is 1. The summed E-state index contributed by atoms with van der Waals surface area (Å²) in [4.78, 5) is 18.3. The predicted octanol–water partition coefficient (Wildman–Crippen LogP) is 12.3. The second kappa shape index (κ2) is 14.6. The first-order valence-corrected chi connectivity index (χ1v) is 19.0. The molecule has 0 spiro atoms. The Morgan fingerprint density at radius 3 is 2.19 bits per heavy atom. The van der Waals surface area contributed by atoms with Crippen molar-refractivity contribution in [1.82, 2.24) is 0 Å². The van der Waals surface area contributed by atoms with Crippen LogP contribution in [-0.2, 0) is 30.3 Å². The summed E-state index contributed by atoms with van der Waals surface area (Å²) in [7, 11) is 0. The smallest absolute Gasteiger partial charge is 0.164 e. The number of carbonyl (C=O) groups is 1. The van der Waals surface area contributed by atoms with Gasteiger partial charge in [0, 0.05) is 53.0 Å². The molecule has 4 nitrogen and oxygen atoms in total. The number of allylic oxidation sites excluding steroid dienone is 2. The van der Waals surface area contributed by atoms with Crippen LogP contribution >= 0.6 is 34.0 Å². The molecule has 0 aliphatic carbocycles. The minimum absolute atomic E-state index is 0. The molecule has 0 amide bonds. The number of anilines is 1. The van der Waals surface area contributed by atoms with Gasteiger partial charge in [-0.25, -0.2) is 0 Å². The van der Waals surface area contributed by atoms with E-state index in [0.29, 0.717) is 6.67 Å². The van der Waals surface area contributed by atoms with Gasteiger partial charge in [0.2, 0.25) is 0 Å². The van der Waals surface area contributed by atoms with Crippen molar-refractivity contribution in [3.05, 3.63) is 75.0 Å². The number of aliphatic hydroxyl groups excluding tert-OH is 1. The largest absolute Gasteiger partial charge is 0.512 e. The molecule has 2 N–H and O–H groups in total. The van der Waals surface area contributed by atoms with Crippen LogP contribution in [0.3, 0.4) is 0 Å². The Morgan fingerprint density at radius 2 is 1.55 bits per heavy atom. The van der Waals surface area contributed by atoms with Crippen LogP contribution in [0.25, 0.3) is 30.3 Å². The number of ketones is 1. The van der Waals surface area contributed by atoms with Crippen LogP contribution < -0.4 is 5.32 Å². The van der Waals surface area contributed by atoms with E-state index in [1.54, 1.807) is 0 Å². The molecule has 1 aliphatic rings. The van der Waals surface area contributed by atoms with E-state index in [-0.39, 0.29) is 47.9 Å². The van der Waals surface area contributed by atoms with Crippen molar-refractivity contribution in [2.24, 2.45) is 15.8 Å². The monoisotopic (exact) mass is 864 g/mol. The number of nitrogens with zero attached hydrogens (tertiary/aromatic N) is 1. The van der Waals surface area contributed by atoms with Crippen LogP contribution in [-0.4, -0.2) is 23.3 Å². The van der Waals surface area contributed by atoms with Crippen LogP contribution in [0.5, 0.6) is 0 Å². The van der Waals surface area contributed by atoms with Crippen molar-refractivity contribution < 1.29 is 30.0 Å². The first kappa shape index (κ1) is 37.5. The maximum Gasteiger partial charge on any atom is 0.164 e. The maximum atomic E-state index is 12.2. The zero-order valence-corrected chi connectivity index (χ0v) is 33.9. The Labute approximate surface area is 305 Å². The third kappa shape index (κ3) is 7.19. The van der Waals surface area contributed by atoms with Gasteiger partial charge in [0.05, 0.1) is 21.8 Å². The average molecular weight is 864 g/mol. The Bertz CT molecular complexity index is 1950. The first-order chi connectivity index (χ1) is 21.8. The molecular formula is C39H47IrN2O2S3-. The van der Waals surface area contributed by atoms with Gasteiger partial charge in [0.25, 0.3) is 0 Å². The molecule has 253 valence electrons. The number of rotatable bonds is 8. The third-order valence-corrected chi connectivity index (χ3v) is 13.4. The maximum absolute atomic E-state index is 12.2. The molecule has 0 saturated carbocycles. The van der Waals surface area contributed by atoms with E-state index in [9.17, 15) is 9.90 Å². The Balaban J connectivity index is 0.000000242. The molecule has 2 aromatic carbocycles. The normalized spacial score (nSPS) is 13.9. The molecule has 1 aliphatic heterocycles. The molecule has 3 aromatic heterocycles. The molecule has 0 atom stereocenters.